The van der Waals surface area contributed by atoms with Crippen LogP contribution in [-0.2, 0) is 0 Å². The molecule has 1 rings (SSSR count). The van der Waals surface area contributed by atoms with Crippen molar-refractivity contribution in [1.82, 2.24) is 5.43 Å². The molecule has 0 bridgehead atoms. The van der Waals surface area contributed by atoms with Crippen molar-refractivity contribution in [3.63, 3.8) is 0 Å². The molecule has 0 saturated carbocycles. The smallest absolute Gasteiger partial charge is 0.0590 e. The highest BCUT2D eigenvalue weighted by Crippen LogP contribution is 2.29. The minimum atomic E-state index is 0.193. The lowest BCUT2D eigenvalue weighted by molar-refractivity contribution is 0.553. The molecule has 1 heterocycles. The normalized spacial score (nSPS) is 12.8. The maximum absolute atomic E-state index is 5.52. The third kappa shape index (κ3) is 3.20. The number of halogens is 1. The van der Waals surface area contributed by atoms with Gasteiger partial charge in [-0.1, -0.05) is 19.1 Å². The van der Waals surface area contributed by atoms with Crippen LogP contribution in [0.15, 0.2) is 28.1 Å². The van der Waals surface area contributed by atoms with Crippen molar-refractivity contribution < 1.29 is 0 Å². The number of hydrogen-bond donors (Lipinski definition) is 2. The van der Waals surface area contributed by atoms with Gasteiger partial charge in [0.25, 0.3) is 0 Å². The summed E-state index contributed by atoms with van der Waals surface area (Å²) in [7, 11) is 0. The van der Waals surface area contributed by atoms with Gasteiger partial charge in [-0.15, -0.1) is 11.3 Å². The summed E-state index contributed by atoms with van der Waals surface area (Å²) < 4.78 is 1.11. The Kier molecular flexibility index (Phi) is 4.81. The van der Waals surface area contributed by atoms with Gasteiger partial charge in [0.2, 0.25) is 0 Å². The number of thiophene rings is 1. The second-order valence-corrected chi connectivity index (χ2v) is 5.05. The van der Waals surface area contributed by atoms with Crippen LogP contribution < -0.4 is 11.3 Å². The van der Waals surface area contributed by atoms with Crippen molar-refractivity contribution in [2.45, 2.75) is 25.8 Å². The lowest BCUT2D eigenvalue weighted by Crippen LogP contribution is -2.27. The Labute approximate surface area is 97.3 Å². The fourth-order valence-electron chi connectivity index (χ4n) is 1.19. The molecule has 3 N–H and O–H groups in total. The molecular weight excluding hydrogens is 260 g/mol. The Hall–Kier alpha value is -0.160. The first kappa shape index (κ1) is 11.9. The highest BCUT2D eigenvalue weighted by molar-refractivity contribution is 9.10. The fraction of sp³-hybridized carbons (Fsp3) is 0.400. The Morgan fingerprint density at radius 3 is 2.93 bits per heavy atom. The predicted octanol–water partition coefficient (Wildman–Crippen LogP) is 3.37. The SMILES string of the molecule is C=C(CC)CC(NN)c1cc(Br)cs1. The van der Waals surface area contributed by atoms with E-state index in [1.165, 1.54) is 10.5 Å². The zero-order chi connectivity index (χ0) is 10.6. The van der Waals surface area contributed by atoms with Crippen molar-refractivity contribution in [2.24, 2.45) is 5.84 Å². The van der Waals surface area contributed by atoms with Gasteiger partial charge in [0.15, 0.2) is 0 Å². The maximum atomic E-state index is 5.52. The molecule has 0 amide bonds. The van der Waals surface area contributed by atoms with E-state index in [0.717, 1.165) is 17.3 Å². The van der Waals surface area contributed by atoms with Crippen LogP contribution in [0.1, 0.15) is 30.7 Å². The molecule has 1 aromatic rings. The van der Waals surface area contributed by atoms with E-state index in [1.807, 2.05) is 0 Å². The van der Waals surface area contributed by atoms with Gasteiger partial charge in [-0.2, -0.15) is 0 Å². The number of hydrogen-bond acceptors (Lipinski definition) is 3. The van der Waals surface area contributed by atoms with Crippen molar-refractivity contribution >= 4 is 27.3 Å². The predicted molar refractivity (Wildman–Crippen MR) is 66.1 cm³/mol. The Morgan fingerprint density at radius 1 is 1.79 bits per heavy atom. The monoisotopic (exact) mass is 274 g/mol. The molecule has 1 atom stereocenters. The fourth-order valence-corrected chi connectivity index (χ4v) is 2.69. The molecule has 1 aromatic heterocycles. The minimum Gasteiger partial charge on any atom is -0.271 e. The first-order valence-corrected chi connectivity index (χ1v) is 6.21. The molecular formula is C10H15BrN2S. The summed E-state index contributed by atoms with van der Waals surface area (Å²) in [5, 5.41) is 2.06. The minimum absolute atomic E-state index is 0.193. The molecule has 1 unspecified atom stereocenters. The van der Waals surface area contributed by atoms with E-state index in [0.29, 0.717) is 0 Å². The number of hydrazine groups is 1. The van der Waals surface area contributed by atoms with Gasteiger partial charge < -0.3 is 0 Å². The molecule has 0 saturated heterocycles. The second kappa shape index (κ2) is 5.66. The highest BCUT2D eigenvalue weighted by Gasteiger charge is 2.12. The largest absolute Gasteiger partial charge is 0.271 e. The van der Waals surface area contributed by atoms with E-state index in [-0.39, 0.29) is 6.04 Å². The van der Waals surface area contributed by atoms with Gasteiger partial charge in [-0.3, -0.25) is 11.3 Å². The summed E-state index contributed by atoms with van der Waals surface area (Å²) >= 11 is 5.14. The topological polar surface area (TPSA) is 38.0 Å². The zero-order valence-corrected chi connectivity index (χ0v) is 10.6. The van der Waals surface area contributed by atoms with Crippen molar-refractivity contribution in [3.8, 4) is 0 Å². The van der Waals surface area contributed by atoms with Crippen LogP contribution in [0.2, 0.25) is 0 Å². The quantitative estimate of drug-likeness (QED) is 0.491. The molecule has 0 radical (unpaired) electrons. The first-order chi connectivity index (χ1) is 6.67. The molecule has 0 fully saturated rings. The van der Waals surface area contributed by atoms with Crippen LogP contribution in [0, 0.1) is 0 Å². The number of nitrogens with one attached hydrogen (secondary N) is 1. The van der Waals surface area contributed by atoms with Crippen molar-refractivity contribution in [3.05, 3.63) is 32.9 Å². The van der Waals surface area contributed by atoms with Gasteiger partial charge in [0.05, 0.1) is 6.04 Å². The van der Waals surface area contributed by atoms with E-state index in [2.05, 4.69) is 46.3 Å². The molecule has 0 aliphatic heterocycles. The van der Waals surface area contributed by atoms with Crippen LogP contribution in [0.5, 0.6) is 0 Å². The van der Waals surface area contributed by atoms with Crippen LogP contribution in [-0.4, -0.2) is 0 Å². The molecule has 14 heavy (non-hydrogen) atoms. The van der Waals surface area contributed by atoms with E-state index in [4.69, 9.17) is 5.84 Å². The third-order valence-electron chi connectivity index (χ3n) is 2.13. The summed E-state index contributed by atoms with van der Waals surface area (Å²) in [4.78, 5) is 1.24. The lowest BCUT2D eigenvalue weighted by Gasteiger charge is -2.14. The maximum Gasteiger partial charge on any atom is 0.0590 e. The van der Waals surface area contributed by atoms with Crippen LogP contribution in [0.4, 0.5) is 0 Å². The van der Waals surface area contributed by atoms with E-state index >= 15 is 0 Å². The van der Waals surface area contributed by atoms with Gasteiger partial charge in [-0.25, -0.2) is 0 Å². The Bertz CT molecular complexity index is 309. The number of rotatable bonds is 5. The molecule has 0 aliphatic carbocycles. The molecule has 2 nitrogen and oxygen atoms in total. The first-order valence-electron chi connectivity index (χ1n) is 4.54. The Morgan fingerprint density at radius 2 is 2.50 bits per heavy atom. The summed E-state index contributed by atoms with van der Waals surface area (Å²) in [6, 6.07) is 2.29. The Balaban J connectivity index is 2.67. The summed E-state index contributed by atoms with van der Waals surface area (Å²) in [5.41, 5.74) is 4.05. The molecule has 0 aliphatic rings. The molecule has 4 heteroatoms. The summed E-state index contributed by atoms with van der Waals surface area (Å²) in [6.07, 6.45) is 1.91. The summed E-state index contributed by atoms with van der Waals surface area (Å²) in [5.74, 6) is 5.52. The average molecular weight is 275 g/mol. The van der Waals surface area contributed by atoms with E-state index in [9.17, 15) is 0 Å². The van der Waals surface area contributed by atoms with Gasteiger partial charge in [0.1, 0.15) is 0 Å². The van der Waals surface area contributed by atoms with E-state index < -0.39 is 0 Å². The van der Waals surface area contributed by atoms with Crippen LogP contribution >= 0.6 is 27.3 Å². The lowest BCUT2D eigenvalue weighted by atomic mass is 10.1. The average Bonchev–Trinajstić information content (AvgIpc) is 2.60. The molecule has 0 aromatic carbocycles. The molecule has 78 valence electrons. The number of nitrogens with two attached hydrogens (primary N) is 1. The third-order valence-corrected chi connectivity index (χ3v) is 3.93. The van der Waals surface area contributed by atoms with Crippen LogP contribution in [0.25, 0.3) is 0 Å². The second-order valence-electron chi connectivity index (χ2n) is 3.19. The van der Waals surface area contributed by atoms with Crippen LogP contribution in [0.3, 0.4) is 0 Å². The van der Waals surface area contributed by atoms with Gasteiger partial charge in [-0.05, 0) is 34.8 Å². The van der Waals surface area contributed by atoms with E-state index in [1.54, 1.807) is 11.3 Å². The highest BCUT2D eigenvalue weighted by atomic mass is 79.9. The van der Waals surface area contributed by atoms with Gasteiger partial charge in [0, 0.05) is 14.7 Å². The molecule has 0 spiro atoms. The van der Waals surface area contributed by atoms with Gasteiger partial charge >= 0.3 is 0 Å². The van der Waals surface area contributed by atoms with Crippen molar-refractivity contribution in [2.75, 3.05) is 0 Å². The standard InChI is InChI=1S/C10H15BrN2S/c1-3-7(2)4-9(13-12)10-5-8(11)6-14-10/h5-6,9,13H,2-4,12H2,1H3. The van der Waals surface area contributed by atoms with Crippen molar-refractivity contribution in [1.29, 1.82) is 0 Å². The zero-order valence-electron chi connectivity index (χ0n) is 8.22. The summed E-state index contributed by atoms with van der Waals surface area (Å²) in [6.45, 7) is 6.10.